The quantitative estimate of drug-likeness (QED) is 0.731. The van der Waals surface area contributed by atoms with Gasteiger partial charge in [0, 0.05) is 0 Å². The van der Waals surface area contributed by atoms with Crippen molar-refractivity contribution in [3.05, 3.63) is 28.8 Å². The normalized spacial score (nSPS) is 18.0. The number of hydrogen-bond donors (Lipinski definition) is 1. The van der Waals surface area contributed by atoms with Crippen molar-refractivity contribution in [3.63, 3.8) is 0 Å². The summed E-state index contributed by atoms with van der Waals surface area (Å²) in [6, 6.07) is 4.10. The van der Waals surface area contributed by atoms with Crippen LogP contribution in [0.25, 0.3) is 0 Å². The van der Waals surface area contributed by atoms with Gasteiger partial charge in [-0.25, -0.2) is 0 Å². The van der Waals surface area contributed by atoms with Gasteiger partial charge >= 0.3 is 0 Å². The van der Waals surface area contributed by atoms with Crippen LogP contribution in [0, 0.1) is 13.8 Å². The fourth-order valence-corrected chi connectivity index (χ4v) is 2.56. The molecule has 2 rings (SSSR count). The number of phenolic OH excluding ortho intramolecular Hbond substituents is 1. The van der Waals surface area contributed by atoms with Crippen LogP contribution in [0.2, 0.25) is 0 Å². The first-order valence-corrected chi connectivity index (χ1v) is 5.98. The summed E-state index contributed by atoms with van der Waals surface area (Å²) in [6.45, 7) is 4.18. The number of phenols is 1. The molecular weight excluding hydrogens is 184 g/mol. The molecular formula is C14H20O. The van der Waals surface area contributed by atoms with Crippen LogP contribution in [0.3, 0.4) is 0 Å². The molecule has 0 spiro atoms. The third-order valence-corrected chi connectivity index (χ3v) is 3.69. The number of rotatable bonds is 1. The van der Waals surface area contributed by atoms with Gasteiger partial charge < -0.3 is 5.11 Å². The smallest absolute Gasteiger partial charge is 0.119 e. The lowest BCUT2D eigenvalue weighted by Gasteiger charge is -2.23. The van der Waals surface area contributed by atoms with Crippen molar-refractivity contribution >= 4 is 0 Å². The van der Waals surface area contributed by atoms with Crippen LogP contribution in [0.1, 0.15) is 54.7 Å². The third-order valence-electron chi connectivity index (χ3n) is 3.69. The van der Waals surface area contributed by atoms with Gasteiger partial charge in [0.15, 0.2) is 0 Å². The van der Waals surface area contributed by atoms with Crippen LogP contribution in [-0.2, 0) is 0 Å². The van der Waals surface area contributed by atoms with Gasteiger partial charge in [0.05, 0.1) is 0 Å². The van der Waals surface area contributed by atoms with Crippen LogP contribution >= 0.6 is 0 Å². The molecule has 0 unspecified atom stereocenters. The second kappa shape index (κ2) is 4.26. The molecule has 1 saturated carbocycles. The first-order chi connectivity index (χ1) is 7.18. The molecule has 0 atom stereocenters. The van der Waals surface area contributed by atoms with E-state index in [1.807, 2.05) is 6.07 Å². The fraction of sp³-hybridized carbons (Fsp3) is 0.571. The van der Waals surface area contributed by atoms with Gasteiger partial charge in [0.2, 0.25) is 0 Å². The second-order valence-corrected chi connectivity index (χ2v) is 4.83. The SMILES string of the molecule is Cc1cc(O)c(C2CCCCC2)cc1C. The minimum absolute atomic E-state index is 0.505. The van der Waals surface area contributed by atoms with Crippen molar-refractivity contribution in [3.8, 4) is 5.75 Å². The monoisotopic (exact) mass is 204 g/mol. The highest BCUT2D eigenvalue weighted by Gasteiger charge is 2.18. The van der Waals surface area contributed by atoms with E-state index in [1.54, 1.807) is 0 Å². The lowest BCUT2D eigenvalue weighted by molar-refractivity contribution is 0.414. The van der Waals surface area contributed by atoms with E-state index >= 15 is 0 Å². The van der Waals surface area contributed by atoms with Gasteiger partial charge in [-0.05, 0) is 55.4 Å². The zero-order chi connectivity index (χ0) is 10.8. The minimum atomic E-state index is 0.505. The molecule has 0 amide bonds. The Morgan fingerprint density at radius 1 is 1.00 bits per heavy atom. The summed E-state index contributed by atoms with van der Waals surface area (Å²) in [5.41, 5.74) is 3.67. The van der Waals surface area contributed by atoms with Crippen LogP contribution in [0.4, 0.5) is 0 Å². The average molecular weight is 204 g/mol. The maximum atomic E-state index is 9.97. The topological polar surface area (TPSA) is 20.2 Å². The Hall–Kier alpha value is -0.980. The van der Waals surface area contributed by atoms with Crippen LogP contribution in [0.5, 0.6) is 5.75 Å². The number of aryl methyl sites for hydroxylation is 2. The summed E-state index contributed by atoms with van der Waals surface area (Å²) in [5, 5.41) is 9.97. The number of hydrogen-bond acceptors (Lipinski definition) is 1. The molecule has 0 saturated heterocycles. The number of aromatic hydroxyl groups is 1. The lowest BCUT2D eigenvalue weighted by Crippen LogP contribution is -2.05. The summed E-state index contributed by atoms with van der Waals surface area (Å²) in [4.78, 5) is 0. The lowest BCUT2D eigenvalue weighted by atomic mass is 9.83. The van der Waals surface area contributed by atoms with Crippen molar-refractivity contribution < 1.29 is 5.11 Å². The molecule has 82 valence electrons. The molecule has 1 aliphatic carbocycles. The molecule has 0 aliphatic heterocycles. The van der Waals surface area contributed by atoms with Crippen molar-refractivity contribution in [1.82, 2.24) is 0 Å². The standard InChI is InChI=1S/C14H20O/c1-10-8-13(14(15)9-11(10)2)12-6-4-3-5-7-12/h8-9,12,15H,3-7H2,1-2H3. The summed E-state index contributed by atoms with van der Waals surface area (Å²) in [7, 11) is 0. The molecule has 1 fully saturated rings. The molecule has 1 N–H and O–H groups in total. The Bertz CT molecular complexity index is 349. The van der Waals surface area contributed by atoms with Gasteiger partial charge in [0.1, 0.15) is 5.75 Å². The van der Waals surface area contributed by atoms with E-state index in [4.69, 9.17) is 0 Å². The minimum Gasteiger partial charge on any atom is -0.508 e. The first-order valence-electron chi connectivity index (χ1n) is 5.98. The molecule has 0 aromatic heterocycles. The van der Waals surface area contributed by atoms with Gasteiger partial charge in [-0.2, -0.15) is 0 Å². The molecule has 1 aromatic carbocycles. The predicted molar refractivity (Wildman–Crippen MR) is 63.4 cm³/mol. The summed E-state index contributed by atoms with van der Waals surface area (Å²) >= 11 is 0. The van der Waals surface area contributed by atoms with Gasteiger partial charge in [-0.3, -0.25) is 0 Å². The second-order valence-electron chi connectivity index (χ2n) is 4.83. The summed E-state index contributed by atoms with van der Waals surface area (Å²) in [6.07, 6.45) is 6.49. The Kier molecular flexibility index (Phi) is 2.99. The third kappa shape index (κ3) is 2.17. The zero-order valence-corrected chi connectivity index (χ0v) is 9.71. The molecule has 0 radical (unpaired) electrons. The zero-order valence-electron chi connectivity index (χ0n) is 9.71. The molecule has 1 aromatic rings. The molecule has 0 bridgehead atoms. The van der Waals surface area contributed by atoms with Crippen molar-refractivity contribution in [2.75, 3.05) is 0 Å². The summed E-state index contributed by atoms with van der Waals surface area (Å²) in [5.74, 6) is 1.10. The predicted octanol–water partition coefficient (Wildman–Crippen LogP) is 4.06. The largest absolute Gasteiger partial charge is 0.508 e. The Balaban J connectivity index is 2.30. The van der Waals surface area contributed by atoms with Crippen molar-refractivity contribution in [2.24, 2.45) is 0 Å². The fourth-order valence-electron chi connectivity index (χ4n) is 2.56. The van der Waals surface area contributed by atoms with Crippen LogP contribution < -0.4 is 0 Å². The Labute approximate surface area is 92.1 Å². The van der Waals surface area contributed by atoms with Gasteiger partial charge in [-0.15, -0.1) is 0 Å². The van der Waals surface area contributed by atoms with E-state index in [-0.39, 0.29) is 0 Å². The van der Waals surface area contributed by atoms with Crippen molar-refractivity contribution in [1.29, 1.82) is 0 Å². The summed E-state index contributed by atoms with van der Waals surface area (Å²) < 4.78 is 0. The molecule has 1 nitrogen and oxygen atoms in total. The molecule has 1 aliphatic rings. The first kappa shape index (κ1) is 10.5. The maximum absolute atomic E-state index is 9.97. The van der Waals surface area contributed by atoms with Crippen LogP contribution in [-0.4, -0.2) is 5.11 Å². The van der Waals surface area contributed by atoms with Gasteiger partial charge in [-0.1, -0.05) is 25.3 Å². The van der Waals surface area contributed by atoms with E-state index in [9.17, 15) is 5.11 Å². The van der Waals surface area contributed by atoms with E-state index in [0.29, 0.717) is 11.7 Å². The van der Waals surface area contributed by atoms with Gasteiger partial charge in [0.25, 0.3) is 0 Å². The van der Waals surface area contributed by atoms with E-state index in [2.05, 4.69) is 19.9 Å². The van der Waals surface area contributed by atoms with Crippen molar-refractivity contribution in [2.45, 2.75) is 51.9 Å². The highest BCUT2D eigenvalue weighted by atomic mass is 16.3. The maximum Gasteiger partial charge on any atom is 0.119 e. The highest BCUT2D eigenvalue weighted by molar-refractivity contribution is 5.42. The van der Waals surface area contributed by atoms with Crippen LogP contribution in [0.15, 0.2) is 12.1 Å². The molecule has 15 heavy (non-hydrogen) atoms. The molecule has 1 heteroatoms. The van der Waals surface area contributed by atoms with E-state index < -0.39 is 0 Å². The Morgan fingerprint density at radius 2 is 1.60 bits per heavy atom. The van der Waals surface area contributed by atoms with E-state index in [0.717, 1.165) is 0 Å². The number of benzene rings is 1. The van der Waals surface area contributed by atoms with E-state index in [1.165, 1.54) is 48.8 Å². The highest BCUT2D eigenvalue weighted by Crippen LogP contribution is 2.38. The average Bonchev–Trinajstić information content (AvgIpc) is 2.25. The Morgan fingerprint density at radius 3 is 2.27 bits per heavy atom. The molecule has 0 heterocycles.